The van der Waals surface area contributed by atoms with E-state index in [4.69, 9.17) is 0 Å². The summed E-state index contributed by atoms with van der Waals surface area (Å²) in [4.78, 5) is 2.35. The third kappa shape index (κ3) is 3.19. The van der Waals surface area contributed by atoms with E-state index in [1.54, 1.807) is 0 Å². The lowest BCUT2D eigenvalue weighted by Crippen LogP contribution is -2.45. The molecule has 3 aliphatic rings. The van der Waals surface area contributed by atoms with Crippen LogP contribution in [0.15, 0.2) is 12.3 Å². The van der Waals surface area contributed by atoms with Gasteiger partial charge in [0, 0.05) is 29.5 Å². The predicted molar refractivity (Wildman–Crippen MR) is 90.8 cm³/mol. The minimum Gasteiger partial charge on any atom is -0.748 e. The molecule has 3 fully saturated rings. The van der Waals surface area contributed by atoms with E-state index < -0.39 is 10.1 Å². The summed E-state index contributed by atoms with van der Waals surface area (Å²) < 4.78 is 32.7. The highest BCUT2D eigenvalue weighted by Gasteiger charge is 2.55. The molecule has 0 aromatic rings. The Kier molecular flexibility index (Phi) is 4.56. The summed E-state index contributed by atoms with van der Waals surface area (Å²) in [6.07, 6.45) is 8.35. The third-order valence-electron chi connectivity index (χ3n) is 6.79. The summed E-state index contributed by atoms with van der Waals surface area (Å²) in [5.41, 5.74) is 1.24. The van der Waals surface area contributed by atoms with Gasteiger partial charge in [0.1, 0.15) is 0 Å². The van der Waals surface area contributed by atoms with E-state index in [-0.39, 0.29) is 11.2 Å². The van der Waals surface area contributed by atoms with Crippen LogP contribution in [0.4, 0.5) is 0 Å². The van der Waals surface area contributed by atoms with Crippen molar-refractivity contribution in [2.45, 2.75) is 64.8 Å². The molecule has 0 N–H and O–H groups in total. The minimum absolute atomic E-state index is 0.0850. The molecule has 132 valence electrons. The fourth-order valence-electron chi connectivity index (χ4n) is 5.76. The van der Waals surface area contributed by atoms with Gasteiger partial charge >= 0.3 is 0 Å². The van der Waals surface area contributed by atoms with Crippen molar-refractivity contribution in [3.05, 3.63) is 12.3 Å². The maximum atomic E-state index is 10.9. The normalized spacial score (nSPS) is 36.7. The lowest BCUT2D eigenvalue weighted by Gasteiger charge is -2.47. The fourth-order valence-corrected chi connectivity index (χ4v) is 6.24. The Morgan fingerprint density at radius 2 is 1.91 bits per heavy atom. The smallest absolute Gasteiger partial charge is 0.0946 e. The van der Waals surface area contributed by atoms with Crippen molar-refractivity contribution in [1.29, 1.82) is 0 Å². The molecule has 0 bridgehead atoms. The van der Waals surface area contributed by atoms with Gasteiger partial charge in [-0.2, -0.15) is 0 Å². The molecule has 0 spiro atoms. The molecule has 23 heavy (non-hydrogen) atoms. The fraction of sp³-hybridized carbons (Fsp3) is 0.889. The van der Waals surface area contributed by atoms with Gasteiger partial charge < -0.3 is 9.45 Å². The number of likely N-dealkylation sites (tertiary alicyclic amines) is 1. The second-order valence-electron chi connectivity index (χ2n) is 8.36. The molecule has 2 aliphatic carbocycles. The first kappa shape index (κ1) is 17.3. The highest BCUT2D eigenvalue weighted by molar-refractivity contribution is 7.85. The average molecular weight is 341 g/mol. The first-order chi connectivity index (χ1) is 10.7. The molecule has 2 saturated carbocycles. The molecule has 4 unspecified atom stereocenters. The Balaban J connectivity index is 1.77. The van der Waals surface area contributed by atoms with Crippen LogP contribution in [0.2, 0.25) is 0 Å². The van der Waals surface area contributed by atoms with Crippen molar-refractivity contribution >= 4 is 10.1 Å². The Morgan fingerprint density at radius 1 is 1.22 bits per heavy atom. The largest absolute Gasteiger partial charge is 0.748 e. The number of hydrogen-bond acceptors (Lipinski definition) is 4. The Morgan fingerprint density at radius 3 is 2.61 bits per heavy atom. The molecule has 0 amide bonds. The van der Waals surface area contributed by atoms with Gasteiger partial charge in [0.05, 0.1) is 10.1 Å². The van der Waals surface area contributed by atoms with Crippen LogP contribution < -0.4 is 0 Å². The molecule has 1 heterocycles. The van der Waals surface area contributed by atoms with E-state index >= 15 is 0 Å². The topological polar surface area (TPSA) is 60.4 Å². The standard InChI is InChI=1S/C18H31NO3S/c1-13-18(2,3)17-15-8-5-4-7-14(15)9-10-16(17)19(13)11-6-12-23(20,21)22/h14-17H,1,4-12H2,2-3H3,(H,20,21,22)/p-1. The van der Waals surface area contributed by atoms with Gasteiger partial charge in [0.25, 0.3) is 0 Å². The van der Waals surface area contributed by atoms with E-state index in [2.05, 4.69) is 25.3 Å². The maximum Gasteiger partial charge on any atom is 0.0946 e. The van der Waals surface area contributed by atoms with Gasteiger partial charge in [-0.15, -0.1) is 0 Å². The molecular weight excluding hydrogens is 310 g/mol. The van der Waals surface area contributed by atoms with Gasteiger partial charge in [-0.25, -0.2) is 8.42 Å². The molecule has 0 aromatic heterocycles. The molecule has 0 radical (unpaired) electrons. The number of nitrogens with zero attached hydrogens (tertiary/aromatic N) is 1. The first-order valence-corrected chi connectivity index (χ1v) is 10.7. The number of fused-ring (bicyclic) bond motifs is 3. The zero-order valence-electron chi connectivity index (χ0n) is 14.5. The average Bonchev–Trinajstić information content (AvgIpc) is 2.67. The second-order valence-corrected chi connectivity index (χ2v) is 9.88. The van der Waals surface area contributed by atoms with Crippen molar-refractivity contribution in [2.24, 2.45) is 23.2 Å². The van der Waals surface area contributed by atoms with Crippen molar-refractivity contribution in [2.75, 3.05) is 12.3 Å². The zero-order valence-corrected chi connectivity index (χ0v) is 15.3. The van der Waals surface area contributed by atoms with Crippen LogP contribution in [-0.2, 0) is 10.1 Å². The van der Waals surface area contributed by atoms with E-state index in [0.717, 1.165) is 17.5 Å². The SMILES string of the molecule is C=C1N(CCCS(=O)(=O)[O-])C2CCC3CCCCC3C2C1(C)C. The molecule has 1 saturated heterocycles. The van der Waals surface area contributed by atoms with E-state index in [1.165, 1.54) is 38.5 Å². The summed E-state index contributed by atoms with van der Waals surface area (Å²) in [5, 5.41) is 0. The summed E-state index contributed by atoms with van der Waals surface area (Å²) in [5.74, 6) is 2.04. The minimum atomic E-state index is -4.12. The lowest BCUT2D eigenvalue weighted by atomic mass is 9.58. The molecule has 4 atom stereocenters. The van der Waals surface area contributed by atoms with Gasteiger partial charge in [0.2, 0.25) is 0 Å². The van der Waals surface area contributed by atoms with Crippen molar-refractivity contribution in [3.63, 3.8) is 0 Å². The summed E-state index contributed by atoms with van der Waals surface area (Å²) in [7, 11) is -4.12. The van der Waals surface area contributed by atoms with Crippen molar-refractivity contribution in [1.82, 2.24) is 4.90 Å². The lowest BCUT2D eigenvalue weighted by molar-refractivity contribution is 0.0294. The van der Waals surface area contributed by atoms with Crippen LogP contribution in [0.1, 0.15) is 58.8 Å². The number of hydrogen-bond donors (Lipinski definition) is 0. The Labute approximate surface area is 141 Å². The van der Waals surface area contributed by atoms with Gasteiger partial charge in [-0.05, 0) is 43.4 Å². The zero-order chi connectivity index (χ0) is 16.8. The highest BCUT2D eigenvalue weighted by Crippen LogP contribution is 2.58. The van der Waals surface area contributed by atoms with Crippen LogP contribution in [0.25, 0.3) is 0 Å². The van der Waals surface area contributed by atoms with Crippen molar-refractivity contribution in [3.8, 4) is 0 Å². The molecule has 5 heteroatoms. The van der Waals surface area contributed by atoms with E-state index in [9.17, 15) is 13.0 Å². The summed E-state index contributed by atoms with van der Waals surface area (Å²) in [6, 6.07) is 0.492. The summed E-state index contributed by atoms with van der Waals surface area (Å²) in [6.45, 7) is 9.65. The molecular formula is C18H30NO3S-. The van der Waals surface area contributed by atoms with Crippen LogP contribution in [-0.4, -0.2) is 36.2 Å². The van der Waals surface area contributed by atoms with Crippen LogP contribution in [0, 0.1) is 23.2 Å². The van der Waals surface area contributed by atoms with Gasteiger partial charge in [0.15, 0.2) is 0 Å². The molecule has 4 nitrogen and oxygen atoms in total. The number of rotatable bonds is 4. The Hall–Kier alpha value is -0.550. The molecule has 0 aromatic carbocycles. The number of allylic oxidation sites excluding steroid dienone is 1. The van der Waals surface area contributed by atoms with Crippen LogP contribution in [0.5, 0.6) is 0 Å². The summed E-state index contributed by atoms with van der Waals surface area (Å²) >= 11 is 0. The van der Waals surface area contributed by atoms with Gasteiger partial charge in [-0.1, -0.05) is 39.7 Å². The first-order valence-electron chi connectivity index (χ1n) is 9.11. The quantitative estimate of drug-likeness (QED) is 0.736. The predicted octanol–water partition coefficient (Wildman–Crippen LogP) is 3.36. The Bertz CT molecular complexity index is 569. The maximum absolute atomic E-state index is 10.9. The molecule has 1 aliphatic heterocycles. The third-order valence-corrected chi connectivity index (χ3v) is 7.58. The van der Waals surface area contributed by atoms with Crippen LogP contribution >= 0.6 is 0 Å². The highest BCUT2D eigenvalue weighted by atomic mass is 32.2. The monoisotopic (exact) mass is 340 g/mol. The second kappa shape index (κ2) is 6.07. The molecule has 3 rings (SSSR count). The van der Waals surface area contributed by atoms with E-state index in [1.807, 2.05) is 0 Å². The van der Waals surface area contributed by atoms with Crippen LogP contribution in [0.3, 0.4) is 0 Å². The van der Waals surface area contributed by atoms with Crippen molar-refractivity contribution < 1.29 is 13.0 Å². The van der Waals surface area contributed by atoms with Gasteiger partial charge in [-0.3, -0.25) is 0 Å². The van der Waals surface area contributed by atoms with E-state index in [0.29, 0.717) is 24.9 Å².